The van der Waals surface area contributed by atoms with Gasteiger partial charge in [-0.3, -0.25) is 4.48 Å². The molecule has 134 valence electrons. The number of methoxy groups -OCH3 is 1. The van der Waals surface area contributed by atoms with Crippen LogP contribution in [-0.2, 0) is 14.9 Å². The molecule has 1 rings (SSSR count). The van der Waals surface area contributed by atoms with Crippen LogP contribution in [0.4, 0.5) is 18.9 Å². The molecule has 0 fully saturated rings. The minimum Gasteiger partial charge on any atom is -0.741 e. The number of hydrogen-bond donors (Lipinski definition) is 0. The molecule has 0 spiro atoms. The van der Waals surface area contributed by atoms with Gasteiger partial charge in [-0.25, -0.2) is 13.2 Å². The van der Waals surface area contributed by atoms with E-state index in [1.807, 2.05) is 33.3 Å². The van der Waals surface area contributed by atoms with Crippen molar-refractivity contribution < 1.29 is 35.7 Å². The molecular weight excluding hydrogens is 353 g/mol. The standard InChI is InChI=1S/C12H15N2O2.CHF3O3S/c1-14(2,3)10-5-6-11(12(15)16-4)9(7-10)8-13;2-1(3,4)8(5,6)7/h5-7H,1-4H3;(H,5,6,7)/q+1;/p-1. The summed E-state index contributed by atoms with van der Waals surface area (Å²) in [6.07, 6.45) is 0. The number of halogens is 3. The van der Waals surface area contributed by atoms with Crippen LogP contribution in [0.2, 0.25) is 0 Å². The first-order valence-corrected chi connectivity index (χ1v) is 7.52. The molecule has 0 atom stereocenters. The Hall–Kier alpha value is -2.16. The maximum atomic E-state index is 11.4. The summed E-state index contributed by atoms with van der Waals surface area (Å²) in [5, 5.41) is 8.99. The van der Waals surface area contributed by atoms with E-state index < -0.39 is 21.6 Å². The van der Waals surface area contributed by atoms with E-state index in [1.165, 1.54) is 7.11 Å². The molecule has 0 aliphatic carbocycles. The lowest BCUT2D eigenvalue weighted by Crippen LogP contribution is -2.34. The number of carbonyl (C=O) groups excluding carboxylic acids is 1. The van der Waals surface area contributed by atoms with Gasteiger partial charge in [0.05, 0.1) is 39.4 Å². The number of ether oxygens (including phenoxy) is 1. The first-order valence-electron chi connectivity index (χ1n) is 6.11. The van der Waals surface area contributed by atoms with Crippen LogP contribution in [0.15, 0.2) is 18.2 Å². The largest absolute Gasteiger partial charge is 0.741 e. The van der Waals surface area contributed by atoms with E-state index in [2.05, 4.69) is 4.74 Å². The zero-order valence-corrected chi connectivity index (χ0v) is 14.0. The zero-order chi connectivity index (χ0) is 19.3. The maximum Gasteiger partial charge on any atom is 0.485 e. The van der Waals surface area contributed by atoms with Gasteiger partial charge >= 0.3 is 11.5 Å². The Bertz CT molecular complexity index is 746. The molecule has 11 heteroatoms. The Morgan fingerprint density at radius 2 is 1.75 bits per heavy atom. The van der Waals surface area contributed by atoms with Crippen LogP contribution in [0.5, 0.6) is 0 Å². The summed E-state index contributed by atoms with van der Waals surface area (Å²) < 4.78 is 64.1. The number of hydrogen-bond acceptors (Lipinski definition) is 6. The Morgan fingerprint density at radius 1 is 1.29 bits per heavy atom. The maximum absolute atomic E-state index is 11.4. The third-order valence-electron chi connectivity index (χ3n) is 2.59. The summed E-state index contributed by atoms with van der Waals surface area (Å²) in [6.45, 7) is 0. The fourth-order valence-electron chi connectivity index (χ4n) is 1.33. The molecule has 24 heavy (non-hydrogen) atoms. The van der Waals surface area contributed by atoms with Gasteiger partial charge in [0.15, 0.2) is 10.1 Å². The molecule has 0 bridgehead atoms. The quantitative estimate of drug-likeness (QED) is 0.340. The van der Waals surface area contributed by atoms with Crippen molar-refractivity contribution >= 4 is 21.8 Å². The first-order chi connectivity index (χ1) is 10.6. The smallest absolute Gasteiger partial charge is 0.485 e. The van der Waals surface area contributed by atoms with Crippen LogP contribution >= 0.6 is 0 Å². The highest BCUT2D eigenvalue weighted by atomic mass is 32.2. The molecule has 0 saturated carbocycles. The van der Waals surface area contributed by atoms with Crippen LogP contribution in [0.25, 0.3) is 0 Å². The fourth-order valence-corrected chi connectivity index (χ4v) is 1.33. The summed E-state index contributed by atoms with van der Waals surface area (Å²) in [7, 11) is 1.20. The van der Waals surface area contributed by atoms with E-state index in [9.17, 15) is 18.0 Å². The van der Waals surface area contributed by atoms with Gasteiger partial charge in [0.1, 0.15) is 11.8 Å². The van der Waals surface area contributed by atoms with E-state index in [1.54, 1.807) is 12.1 Å². The molecule has 0 N–H and O–H groups in total. The highest BCUT2D eigenvalue weighted by Gasteiger charge is 2.36. The summed E-state index contributed by atoms with van der Waals surface area (Å²) in [6, 6.07) is 7.18. The minimum atomic E-state index is -6.09. The Labute approximate surface area is 137 Å². The fraction of sp³-hybridized carbons (Fsp3) is 0.385. The van der Waals surface area contributed by atoms with Crippen LogP contribution in [0.1, 0.15) is 15.9 Å². The Kier molecular flexibility index (Phi) is 6.92. The van der Waals surface area contributed by atoms with Gasteiger partial charge in [0, 0.05) is 12.1 Å². The van der Waals surface area contributed by atoms with Crippen molar-refractivity contribution in [1.82, 2.24) is 4.48 Å². The van der Waals surface area contributed by atoms with Crippen molar-refractivity contribution in [2.75, 3.05) is 28.3 Å². The van der Waals surface area contributed by atoms with E-state index >= 15 is 0 Å². The number of benzene rings is 1. The molecular formula is C13H15F3N2O5S. The normalized spacial score (nSPS) is 11.8. The lowest BCUT2D eigenvalue weighted by molar-refractivity contribution is -0.0517. The third-order valence-corrected chi connectivity index (χ3v) is 3.15. The van der Waals surface area contributed by atoms with E-state index in [0.717, 1.165) is 5.69 Å². The van der Waals surface area contributed by atoms with Crippen molar-refractivity contribution in [3.63, 3.8) is 0 Å². The zero-order valence-electron chi connectivity index (χ0n) is 13.2. The van der Waals surface area contributed by atoms with Gasteiger partial charge in [-0.15, -0.1) is 0 Å². The highest BCUT2D eigenvalue weighted by Crippen LogP contribution is 2.21. The van der Waals surface area contributed by atoms with Crippen LogP contribution in [-0.4, -0.2) is 52.7 Å². The average molecular weight is 368 g/mol. The second-order valence-electron chi connectivity index (χ2n) is 5.25. The van der Waals surface area contributed by atoms with Crippen molar-refractivity contribution in [1.29, 1.82) is 5.26 Å². The molecule has 7 nitrogen and oxygen atoms in total. The Morgan fingerprint density at radius 3 is 2.04 bits per heavy atom. The monoisotopic (exact) mass is 368 g/mol. The highest BCUT2D eigenvalue weighted by molar-refractivity contribution is 7.86. The summed E-state index contributed by atoms with van der Waals surface area (Å²) in [5.74, 6) is -0.482. The number of rotatable bonds is 2. The number of alkyl halides is 3. The second-order valence-corrected chi connectivity index (χ2v) is 6.62. The number of quaternary nitrogens is 1. The topological polar surface area (TPSA) is 107 Å². The predicted octanol–water partition coefficient (Wildman–Crippen LogP) is 1.59. The molecule has 0 aromatic heterocycles. The molecule has 0 unspecified atom stereocenters. The molecule has 0 amide bonds. The first kappa shape index (κ1) is 21.8. The minimum absolute atomic E-state index is 0.308. The van der Waals surface area contributed by atoms with Crippen LogP contribution in [0.3, 0.4) is 0 Å². The molecule has 0 aliphatic rings. The van der Waals surface area contributed by atoms with Gasteiger partial charge in [0.2, 0.25) is 0 Å². The lowest BCUT2D eigenvalue weighted by Gasteiger charge is -2.23. The molecule has 1 aromatic carbocycles. The van der Waals surface area contributed by atoms with Gasteiger partial charge in [0.25, 0.3) is 0 Å². The van der Waals surface area contributed by atoms with Crippen LogP contribution < -0.4 is 4.48 Å². The van der Waals surface area contributed by atoms with Gasteiger partial charge in [-0.2, -0.15) is 18.4 Å². The van der Waals surface area contributed by atoms with Crippen molar-refractivity contribution in [2.45, 2.75) is 5.51 Å². The molecule has 0 heterocycles. The van der Waals surface area contributed by atoms with Crippen molar-refractivity contribution in [3.05, 3.63) is 29.3 Å². The SMILES string of the molecule is COC(=O)c1ccc([N+](C)(C)C)cc1C#N.O=S(=O)([O-])C(F)(F)F. The lowest BCUT2D eigenvalue weighted by atomic mass is 10.1. The van der Waals surface area contributed by atoms with E-state index in [-0.39, 0.29) is 0 Å². The van der Waals surface area contributed by atoms with Crippen LogP contribution in [0, 0.1) is 11.3 Å². The molecule has 0 aliphatic heterocycles. The Balaban J connectivity index is 0.000000561. The average Bonchev–Trinajstić information content (AvgIpc) is 2.43. The molecule has 1 aromatic rings. The predicted molar refractivity (Wildman–Crippen MR) is 77.8 cm³/mol. The van der Waals surface area contributed by atoms with E-state index in [4.69, 9.17) is 18.2 Å². The molecule has 0 saturated heterocycles. The number of esters is 1. The number of nitriles is 1. The van der Waals surface area contributed by atoms with Gasteiger partial charge in [-0.1, -0.05) is 0 Å². The molecule has 0 radical (unpaired) electrons. The third kappa shape index (κ3) is 6.15. The second kappa shape index (κ2) is 7.61. The summed E-state index contributed by atoms with van der Waals surface area (Å²) >= 11 is 0. The van der Waals surface area contributed by atoms with Crippen molar-refractivity contribution in [3.8, 4) is 6.07 Å². The van der Waals surface area contributed by atoms with E-state index in [0.29, 0.717) is 15.6 Å². The van der Waals surface area contributed by atoms with Crippen molar-refractivity contribution in [2.24, 2.45) is 0 Å². The van der Waals surface area contributed by atoms with Gasteiger partial charge < -0.3 is 9.29 Å². The summed E-state index contributed by atoms with van der Waals surface area (Å²) in [4.78, 5) is 11.4. The number of nitrogens with zero attached hydrogens (tertiary/aromatic N) is 2. The number of carbonyl (C=O) groups is 1. The summed E-state index contributed by atoms with van der Waals surface area (Å²) in [5.41, 5.74) is -4.03. The van der Waals surface area contributed by atoms with Gasteiger partial charge in [-0.05, 0) is 6.07 Å².